The molecule has 0 saturated heterocycles. The lowest BCUT2D eigenvalue weighted by atomic mass is 10.0. The predicted molar refractivity (Wildman–Crippen MR) is 163 cm³/mol. The van der Waals surface area contributed by atoms with E-state index >= 15 is 0 Å². The van der Waals surface area contributed by atoms with Crippen molar-refractivity contribution in [3.05, 3.63) is 128 Å². The van der Waals surface area contributed by atoms with Gasteiger partial charge in [0.1, 0.15) is 17.0 Å². The highest BCUT2D eigenvalue weighted by Gasteiger charge is 2.22. The summed E-state index contributed by atoms with van der Waals surface area (Å²) < 4.78 is 4.52. The minimum Gasteiger partial charge on any atom is -0.289 e. The van der Waals surface area contributed by atoms with Crippen LogP contribution in [0.1, 0.15) is 0 Å². The van der Waals surface area contributed by atoms with Crippen LogP contribution in [0.4, 0.5) is 0 Å². The van der Waals surface area contributed by atoms with Crippen LogP contribution in [0.25, 0.3) is 77.4 Å². The van der Waals surface area contributed by atoms with E-state index in [0.717, 1.165) is 60.9 Å². The molecule has 0 saturated carbocycles. The van der Waals surface area contributed by atoms with Gasteiger partial charge in [-0.2, -0.15) is 0 Å². The summed E-state index contributed by atoms with van der Waals surface area (Å²) in [5, 5.41) is 5.70. The average Bonchev–Trinajstić information content (AvgIpc) is 3.56. The third kappa shape index (κ3) is 2.83. The molecule has 0 N–H and O–H groups in total. The molecule has 5 aromatic heterocycles. The Bertz CT molecular complexity index is 2430. The van der Waals surface area contributed by atoms with Crippen molar-refractivity contribution in [1.82, 2.24) is 23.9 Å². The number of hydrogen-bond donors (Lipinski definition) is 0. The van der Waals surface area contributed by atoms with Gasteiger partial charge < -0.3 is 0 Å². The molecule has 4 aromatic carbocycles. The second kappa shape index (κ2) is 7.98. The molecule has 0 aliphatic carbocycles. The van der Waals surface area contributed by atoms with Crippen molar-refractivity contribution in [2.45, 2.75) is 0 Å². The van der Waals surface area contributed by atoms with E-state index in [-0.39, 0.29) is 0 Å². The van der Waals surface area contributed by atoms with Gasteiger partial charge in [0.05, 0.1) is 11.0 Å². The van der Waals surface area contributed by atoms with E-state index in [1.807, 2.05) is 12.1 Å². The van der Waals surface area contributed by atoms with Crippen LogP contribution < -0.4 is 0 Å². The maximum absolute atomic E-state index is 5.36. The number of nitrogens with zero attached hydrogens (tertiary/aromatic N) is 5. The third-order valence-corrected chi connectivity index (χ3v) is 7.96. The van der Waals surface area contributed by atoms with E-state index < -0.39 is 0 Å². The first-order valence-corrected chi connectivity index (χ1v) is 13.4. The molecule has 5 heteroatoms. The molecule has 5 heterocycles. The molecule has 186 valence electrons. The van der Waals surface area contributed by atoms with Crippen molar-refractivity contribution in [3.8, 4) is 16.9 Å². The van der Waals surface area contributed by atoms with E-state index in [4.69, 9.17) is 9.97 Å². The van der Waals surface area contributed by atoms with Gasteiger partial charge in [-0.15, -0.1) is 0 Å². The number of benzene rings is 4. The zero-order valence-corrected chi connectivity index (χ0v) is 21.4. The van der Waals surface area contributed by atoms with E-state index in [9.17, 15) is 0 Å². The fraction of sp³-hybridized carbons (Fsp3) is 0. The van der Waals surface area contributed by atoms with Gasteiger partial charge in [0, 0.05) is 27.7 Å². The summed E-state index contributed by atoms with van der Waals surface area (Å²) >= 11 is 0. The summed E-state index contributed by atoms with van der Waals surface area (Å²) in [4.78, 5) is 15.1. The van der Waals surface area contributed by atoms with Crippen molar-refractivity contribution in [3.63, 3.8) is 0 Å². The average molecular weight is 512 g/mol. The molecule has 0 bridgehead atoms. The minimum absolute atomic E-state index is 0.712. The van der Waals surface area contributed by atoms with Gasteiger partial charge in [0.25, 0.3) is 0 Å². The Hall–Kier alpha value is -5.55. The molecule has 0 amide bonds. The third-order valence-electron chi connectivity index (χ3n) is 7.96. The van der Waals surface area contributed by atoms with Crippen LogP contribution in [0.2, 0.25) is 0 Å². The molecular formula is C35H21N5. The second-order valence-electron chi connectivity index (χ2n) is 10.1. The van der Waals surface area contributed by atoms with Gasteiger partial charge in [0.15, 0.2) is 11.3 Å². The molecule has 0 fully saturated rings. The summed E-state index contributed by atoms with van der Waals surface area (Å²) in [5.41, 5.74) is 8.04. The topological polar surface area (TPSA) is 48.0 Å². The van der Waals surface area contributed by atoms with Crippen LogP contribution in [0.15, 0.2) is 128 Å². The van der Waals surface area contributed by atoms with Gasteiger partial charge in [-0.3, -0.25) is 8.97 Å². The van der Waals surface area contributed by atoms with Gasteiger partial charge in [-0.1, -0.05) is 91.0 Å². The Labute approximate surface area is 228 Å². The lowest BCUT2D eigenvalue weighted by molar-refractivity contribution is 1.07. The SMILES string of the molecule is c1ccc(-c2cc(-n3c4ccccc4c4c3nc3c5ccccc5c5ccccc5n34)nc3ncccc23)cc1. The highest BCUT2D eigenvalue weighted by Crippen LogP contribution is 2.38. The highest BCUT2D eigenvalue weighted by molar-refractivity contribution is 6.17. The molecule has 5 nitrogen and oxygen atoms in total. The number of para-hydroxylation sites is 2. The first kappa shape index (κ1) is 21.4. The summed E-state index contributed by atoms with van der Waals surface area (Å²) in [6, 6.07) is 42.3. The fourth-order valence-corrected chi connectivity index (χ4v) is 6.26. The molecule has 9 rings (SSSR count). The summed E-state index contributed by atoms with van der Waals surface area (Å²) in [6.45, 7) is 0. The van der Waals surface area contributed by atoms with Crippen LogP contribution in [0.3, 0.4) is 0 Å². The number of aromatic nitrogens is 5. The number of rotatable bonds is 2. The summed E-state index contributed by atoms with van der Waals surface area (Å²) in [7, 11) is 0. The van der Waals surface area contributed by atoms with E-state index in [1.54, 1.807) is 6.20 Å². The summed E-state index contributed by atoms with van der Waals surface area (Å²) in [5.74, 6) is 0.799. The quantitative estimate of drug-likeness (QED) is 0.219. The molecule has 40 heavy (non-hydrogen) atoms. The van der Waals surface area contributed by atoms with Gasteiger partial charge in [0.2, 0.25) is 0 Å². The van der Waals surface area contributed by atoms with Crippen molar-refractivity contribution in [1.29, 1.82) is 0 Å². The van der Waals surface area contributed by atoms with E-state index in [2.05, 4.69) is 123 Å². The first-order valence-electron chi connectivity index (χ1n) is 13.4. The van der Waals surface area contributed by atoms with Crippen molar-refractivity contribution in [2.24, 2.45) is 0 Å². The Morgan fingerprint density at radius 1 is 0.500 bits per heavy atom. The van der Waals surface area contributed by atoms with Crippen molar-refractivity contribution < 1.29 is 0 Å². The second-order valence-corrected chi connectivity index (χ2v) is 10.1. The monoisotopic (exact) mass is 511 g/mol. The van der Waals surface area contributed by atoms with Crippen LogP contribution in [0, 0.1) is 0 Å². The normalized spacial score (nSPS) is 12.0. The molecule has 0 unspecified atom stereocenters. The standard InChI is InChI=1S/C35H21N5/c1-2-11-22(12-3-1)28-21-31(37-33-25(28)17-10-20-36-33)39-30-19-9-7-16-27(30)32-35(39)38-34-26-15-5-4-13-23(26)24-14-6-8-18-29(24)40(32)34/h1-21H. The number of fused-ring (bicyclic) bond motifs is 11. The lowest BCUT2D eigenvalue weighted by Crippen LogP contribution is -2.00. The minimum atomic E-state index is 0.712. The number of pyridine rings is 3. The van der Waals surface area contributed by atoms with Crippen LogP contribution in [-0.2, 0) is 0 Å². The smallest absolute Gasteiger partial charge is 0.166 e. The molecule has 0 spiro atoms. The Balaban J connectivity index is 1.49. The maximum atomic E-state index is 5.36. The largest absolute Gasteiger partial charge is 0.289 e. The lowest BCUT2D eigenvalue weighted by Gasteiger charge is -2.11. The van der Waals surface area contributed by atoms with Crippen LogP contribution >= 0.6 is 0 Å². The van der Waals surface area contributed by atoms with Gasteiger partial charge in [-0.05, 0) is 46.8 Å². The molecular weight excluding hydrogens is 490 g/mol. The van der Waals surface area contributed by atoms with Crippen LogP contribution in [-0.4, -0.2) is 23.9 Å². The molecule has 0 atom stereocenters. The zero-order valence-electron chi connectivity index (χ0n) is 21.4. The van der Waals surface area contributed by atoms with Crippen LogP contribution in [0.5, 0.6) is 0 Å². The number of hydrogen-bond acceptors (Lipinski definition) is 3. The molecule has 9 aromatic rings. The summed E-state index contributed by atoms with van der Waals surface area (Å²) in [6.07, 6.45) is 1.81. The molecule has 0 radical (unpaired) electrons. The predicted octanol–water partition coefficient (Wildman–Crippen LogP) is 8.35. The fourth-order valence-electron chi connectivity index (χ4n) is 6.26. The Morgan fingerprint density at radius 2 is 1.18 bits per heavy atom. The maximum Gasteiger partial charge on any atom is 0.166 e. The molecule has 0 aliphatic rings. The van der Waals surface area contributed by atoms with Crippen molar-refractivity contribution in [2.75, 3.05) is 0 Å². The van der Waals surface area contributed by atoms with E-state index in [1.165, 1.54) is 10.8 Å². The van der Waals surface area contributed by atoms with Gasteiger partial charge in [-0.25, -0.2) is 15.0 Å². The molecule has 0 aliphatic heterocycles. The Kier molecular flexibility index (Phi) is 4.27. The van der Waals surface area contributed by atoms with Crippen molar-refractivity contribution >= 4 is 60.4 Å². The van der Waals surface area contributed by atoms with Gasteiger partial charge >= 0.3 is 0 Å². The zero-order chi connectivity index (χ0) is 26.2. The van der Waals surface area contributed by atoms with E-state index in [0.29, 0.717) is 5.65 Å². The Morgan fingerprint density at radius 3 is 2.02 bits per heavy atom. The number of imidazole rings is 1. The first-order chi connectivity index (χ1) is 19.9. The highest BCUT2D eigenvalue weighted by atomic mass is 15.2.